The van der Waals surface area contributed by atoms with Gasteiger partial charge in [0.25, 0.3) is 0 Å². The highest BCUT2D eigenvalue weighted by atomic mass is 16.5. The maximum absolute atomic E-state index is 11.8. The molecule has 0 bridgehead atoms. The number of carbonyl (C=O) groups is 1. The lowest BCUT2D eigenvalue weighted by atomic mass is 10.0. The minimum atomic E-state index is -0.720. The van der Waals surface area contributed by atoms with E-state index >= 15 is 0 Å². The van der Waals surface area contributed by atoms with Crippen LogP contribution in [-0.2, 0) is 9.53 Å². The van der Waals surface area contributed by atoms with Crippen LogP contribution in [0.4, 0.5) is 5.69 Å². The number of rotatable bonds is 4. The first-order valence-corrected chi connectivity index (χ1v) is 6.31. The Kier molecular flexibility index (Phi) is 4.38. The van der Waals surface area contributed by atoms with E-state index in [1.807, 2.05) is 27.7 Å². The zero-order valence-corrected chi connectivity index (χ0v) is 12.2. The van der Waals surface area contributed by atoms with Crippen LogP contribution in [0.2, 0.25) is 0 Å². The van der Waals surface area contributed by atoms with Gasteiger partial charge in [-0.1, -0.05) is 6.07 Å². The number of hydrogen-bond acceptors (Lipinski definition) is 3. The molecule has 1 N–H and O–H groups in total. The monoisotopic (exact) mass is 249 g/mol. The Bertz CT molecular complexity index is 450. The maximum atomic E-state index is 11.8. The van der Waals surface area contributed by atoms with Crippen LogP contribution in [0, 0.1) is 20.8 Å². The quantitative estimate of drug-likeness (QED) is 0.831. The van der Waals surface area contributed by atoms with Crippen LogP contribution in [0.15, 0.2) is 12.1 Å². The number of ether oxygens (including phenoxy) is 1. The second kappa shape index (κ2) is 5.42. The lowest BCUT2D eigenvalue weighted by Crippen LogP contribution is -2.41. The summed E-state index contributed by atoms with van der Waals surface area (Å²) in [7, 11) is 0. The smallest absolute Gasteiger partial charge is 0.331 e. The molecule has 0 aliphatic heterocycles. The summed E-state index contributed by atoms with van der Waals surface area (Å²) in [5, 5.41) is 3.26. The van der Waals surface area contributed by atoms with Crippen molar-refractivity contribution in [3.63, 3.8) is 0 Å². The van der Waals surface area contributed by atoms with Crippen molar-refractivity contribution in [2.45, 2.75) is 47.1 Å². The van der Waals surface area contributed by atoms with Crippen LogP contribution in [-0.4, -0.2) is 18.1 Å². The largest absolute Gasteiger partial charge is 0.464 e. The number of carbonyl (C=O) groups excluding carboxylic acids is 1. The highest BCUT2D eigenvalue weighted by Crippen LogP contribution is 2.24. The molecule has 0 saturated heterocycles. The van der Waals surface area contributed by atoms with Crippen molar-refractivity contribution in [1.29, 1.82) is 0 Å². The minimum Gasteiger partial charge on any atom is -0.464 e. The molecule has 0 radical (unpaired) electrons. The van der Waals surface area contributed by atoms with Gasteiger partial charge in [-0.15, -0.1) is 0 Å². The Balaban J connectivity index is 2.97. The van der Waals surface area contributed by atoms with Crippen LogP contribution in [0.3, 0.4) is 0 Å². The topological polar surface area (TPSA) is 38.3 Å². The van der Waals surface area contributed by atoms with Gasteiger partial charge in [0.2, 0.25) is 0 Å². The fourth-order valence-electron chi connectivity index (χ4n) is 1.79. The minimum absolute atomic E-state index is 0.234. The third kappa shape index (κ3) is 3.25. The van der Waals surface area contributed by atoms with Gasteiger partial charge in [-0.25, -0.2) is 4.79 Å². The summed E-state index contributed by atoms with van der Waals surface area (Å²) in [5.74, 6) is -0.234. The molecular formula is C15H23NO2. The van der Waals surface area contributed by atoms with Crippen molar-refractivity contribution >= 4 is 11.7 Å². The van der Waals surface area contributed by atoms with Gasteiger partial charge >= 0.3 is 5.97 Å². The number of anilines is 1. The van der Waals surface area contributed by atoms with E-state index in [4.69, 9.17) is 4.74 Å². The molecule has 0 aliphatic rings. The van der Waals surface area contributed by atoms with Gasteiger partial charge in [0.05, 0.1) is 6.61 Å². The van der Waals surface area contributed by atoms with Gasteiger partial charge in [-0.2, -0.15) is 0 Å². The predicted molar refractivity (Wildman–Crippen MR) is 75.0 cm³/mol. The van der Waals surface area contributed by atoms with E-state index in [-0.39, 0.29) is 5.97 Å². The summed E-state index contributed by atoms with van der Waals surface area (Å²) in [6.45, 7) is 12.1. The van der Waals surface area contributed by atoms with Crippen molar-refractivity contribution < 1.29 is 9.53 Å². The highest BCUT2D eigenvalue weighted by Gasteiger charge is 2.29. The summed E-state index contributed by atoms with van der Waals surface area (Å²) in [5.41, 5.74) is 3.86. The van der Waals surface area contributed by atoms with Gasteiger partial charge in [0, 0.05) is 5.69 Å². The number of esters is 1. The second-order valence-electron chi connectivity index (χ2n) is 5.22. The van der Waals surface area contributed by atoms with Gasteiger partial charge in [-0.05, 0) is 64.3 Å². The second-order valence-corrected chi connectivity index (χ2v) is 5.22. The first kappa shape index (κ1) is 14.6. The van der Waals surface area contributed by atoms with Gasteiger partial charge in [0.1, 0.15) is 5.54 Å². The van der Waals surface area contributed by atoms with Crippen LogP contribution < -0.4 is 5.32 Å². The third-order valence-electron chi connectivity index (χ3n) is 3.07. The Hall–Kier alpha value is -1.51. The molecule has 1 aromatic rings. The van der Waals surface area contributed by atoms with Crippen LogP contribution >= 0.6 is 0 Å². The molecule has 0 atom stereocenters. The summed E-state index contributed by atoms with van der Waals surface area (Å²) >= 11 is 0. The van der Waals surface area contributed by atoms with Crippen LogP contribution in [0.25, 0.3) is 0 Å². The lowest BCUT2D eigenvalue weighted by molar-refractivity contribution is -0.147. The van der Waals surface area contributed by atoms with Crippen molar-refractivity contribution in [1.82, 2.24) is 0 Å². The van der Waals surface area contributed by atoms with E-state index in [0.717, 1.165) is 11.3 Å². The lowest BCUT2D eigenvalue weighted by Gasteiger charge is -2.26. The first-order chi connectivity index (χ1) is 8.27. The van der Waals surface area contributed by atoms with Crippen molar-refractivity contribution in [3.05, 3.63) is 28.8 Å². The number of hydrogen-bond donors (Lipinski definition) is 1. The average Bonchev–Trinajstić information content (AvgIpc) is 2.26. The zero-order valence-electron chi connectivity index (χ0n) is 12.2. The average molecular weight is 249 g/mol. The van der Waals surface area contributed by atoms with Crippen molar-refractivity contribution in [2.24, 2.45) is 0 Å². The highest BCUT2D eigenvalue weighted by molar-refractivity contribution is 5.84. The molecule has 3 nitrogen and oxygen atoms in total. The normalized spacial score (nSPS) is 11.2. The fraction of sp³-hybridized carbons (Fsp3) is 0.533. The maximum Gasteiger partial charge on any atom is 0.331 e. The number of aryl methyl sites for hydroxylation is 3. The van der Waals surface area contributed by atoms with E-state index in [0.29, 0.717) is 6.61 Å². The number of nitrogens with one attached hydrogen (secondary N) is 1. The predicted octanol–water partition coefficient (Wildman–Crippen LogP) is 3.37. The summed E-state index contributed by atoms with van der Waals surface area (Å²) in [4.78, 5) is 11.8. The van der Waals surface area contributed by atoms with E-state index in [1.165, 1.54) is 11.1 Å². The van der Waals surface area contributed by atoms with Gasteiger partial charge in [-0.3, -0.25) is 0 Å². The Morgan fingerprint density at radius 1 is 1.17 bits per heavy atom. The molecular weight excluding hydrogens is 226 g/mol. The summed E-state index contributed by atoms with van der Waals surface area (Å²) < 4.78 is 5.07. The molecule has 3 heteroatoms. The van der Waals surface area contributed by atoms with E-state index in [1.54, 1.807) is 0 Å². The van der Waals surface area contributed by atoms with Crippen LogP contribution in [0.5, 0.6) is 0 Å². The van der Waals surface area contributed by atoms with Gasteiger partial charge < -0.3 is 10.1 Å². The summed E-state index contributed by atoms with van der Waals surface area (Å²) in [6.07, 6.45) is 0. The molecule has 0 amide bonds. The SMILES string of the molecule is CCOC(=O)C(C)(C)Nc1cc(C)c(C)cc1C. The Morgan fingerprint density at radius 2 is 1.72 bits per heavy atom. The zero-order chi connectivity index (χ0) is 13.9. The standard InChI is InChI=1S/C15H23NO2/c1-7-18-14(17)15(5,6)16-13-9-11(3)10(2)8-12(13)4/h8-9,16H,7H2,1-6H3. The molecule has 100 valence electrons. The van der Waals surface area contributed by atoms with Crippen molar-refractivity contribution in [3.8, 4) is 0 Å². The molecule has 0 aliphatic carbocycles. The fourth-order valence-corrected chi connectivity index (χ4v) is 1.79. The van der Waals surface area contributed by atoms with E-state index < -0.39 is 5.54 Å². The molecule has 0 heterocycles. The molecule has 0 spiro atoms. The third-order valence-corrected chi connectivity index (χ3v) is 3.07. The van der Waals surface area contributed by atoms with Crippen LogP contribution in [0.1, 0.15) is 37.5 Å². The molecule has 0 saturated carbocycles. The van der Waals surface area contributed by atoms with Crippen molar-refractivity contribution in [2.75, 3.05) is 11.9 Å². The molecule has 0 aromatic heterocycles. The Labute approximate surface area is 110 Å². The molecule has 1 aromatic carbocycles. The van der Waals surface area contributed by atoms with E-state index in [2.05, 4.69) is 31.3 Å². The summed E-state index contributed by atoms with van der Waals surface area (Å²) in [6, 6.07) is 4.20. The Morgan fingerprint density at radius 3 is 2.28 bits per heavy atom. The molecule has 18 heavy (non-hydrogen) atoms. The molecule has 0 fully saturated rings. The molecule has 1 rings (SSSR count). The molecule has 0 unspecified atom stereocenters. The first-order valence-electron chi connectivity index (χ1n) is 6.31. The van der Waals surface area contributed by atoms with Gasteiger partial charge in [0.15, 0.2) is 0 Å². The van der Waals surface area contributed by atoms with E-state index in [9.17, 15) is 4.79 Å². The number of benzene rings is 1.